The van der Waals surface area contributed by atoms with Crippen molar-refractivity contribution in [3.8, 4) is 0 Å². The number of rotatable bonds is 4. The van der Waals surface area contributed by atoms with Crippen LogP contribution in [-0.2, 0) is 6.42 Å². The van der Waals surface area contributed by atoms with Gasteiger partial charge in [0.15, 0.2) is 0 Å². The highest BCUT2D eigenvalue weighted by Gasteiger charge is 2.09. The molecular formula is C17H13ClN2OS. The topological polar surface area (TPSA) is 34.9 Å². The minimum Gasteiger partial charge on any atom is -0.267 e. The fourth-order valence-electron chi connectivity index (χ4n) is 1.99. The van der Waals surface area contributed by atoms with Gasteiger partial charge >= 0.3 is 0 Å². The molecule has 0 aliphatic carbocycles. The van der Waals surface area contributed by atoms with E-state index in [1.165, 1.54) is 9.56 Å². The van der Waals surface area contributed by atoms with Crippen molar-refractivity contribution in [3.63, 3.8) is 0 Å². The predicted octanol–water partition coefficient (Wildman–Crippen LogP) is 4.54. The van der Waals surface area contributed by atoms with Crippen molar-refractivity contribution in [2.75, 3.05) is 0 Å². The number of halogens is 1. The first-order valence-electron chi connectivity index (χ1n) is 6.77. The van der Waals surface area contributed by atoms with Gasteiger partial charge in [0.25, 0.3) is 5.91 Å². The number of allylic oxidation sites excluding steroid dienone is 1. The van der Waals surface area contributed by atoms with Gasteiger partial charge in [0, 0.05) is 28.1 Å². The first-order chi connectivity index (χ1) is 10.7. The van der Waals surface area contributed by atoms with E-state index >= 15 is 0 Å². The number of nitrogens with zero attached hydrogens (tertiary/aromatic N) is 2. The van der Waals surface area contributed by atoms with Crippen LogP contribution in [0.4, 0.5) is 0 Å². The van der Waals surface area contributed by atoms with E-state index in [1.54, 1.807) is 41.8 Å². The Bertz CT molecular complexity index is 788. The van der Waals surface area contributed by atoms with E-state index in [4.69, 9.17) is 11.6 Å². The zero-order valence-corrected chi connectivity index (χ0v) is 13.2. The largest absolute Gasteiger partial charge is 0.278 e. The Morgan fingerprint density at radius 1 is 1.23 bits per heavy atom. The van der Waals surface area contributed by atoms with E-state index in [-0.39, 0.29) is 5.91 Å². The molecule has 2 aromatic heterocycles. The Morgan fingerprint density at radius 2 is 2.05 bits per heavy atom. The van der Waals surface area contributed by atoms with Gasteiger partial charge in [0.1, 0.15) is 0 Å². The SMILES string of the molecule is O=C(c1ccc(Cl)cc1)n1ccc(/C=C/Cc2cccs2)n1. The van der Waals surface area contributed by atoms with Crippen molar-refractivity contribution in [2.45, 2.75) is 6.42 Å². The van der Waals surface area contributed by atoms with E-state index < -0.39 is 0 Å². The molecule has 3 rings (SSSR count). The lowest BCUT2D eigenvalue weighted by Gasteiger charge is -2.00. The zero-order valence-electron chi connectivity index (χ0n) is 11.6. The second kappa shape index (κ2) is 6.73. The molecule has 1 aromatic carbocycles. The molecule has 0 unspecified atom stereocenters. The van der Waals surface area contributed by atoms with Gasteiger partial charge < -0.3 is 0 Å². The third-order valence-electron chi connectivity index (χ3n) is 3.10. The zero-order chi connectivity index (χ0) is 15.4. The van der Waals surface area contributed by atoms with Crippen LogP contribution in [0.2, 0.25) is 5.02 Å². The first-order valence-corrected chi connectivity index (χ1v) is 8.03. The standard InChI is InChI=1S/C17H13ClN2OS/c18-14-8-6-13(7-9-14)17(21)20-11-10-15(19-20)3-1-4-16-5-2-12-22-16/h1-3,5-12H,4H2/b3-1+. The predicted molar refractivity (Wildman–Crippen MR) is 90.5 cm³/mol. The number of aromatic nitrogens is 2. The molecule has 0 bridgehead atoms. The fraction of sp³-hybridized carbons (Fsp3) is 0.0588. The van der Waals surface area contributed by atoms with Gasteiger partial charge in [-0.2, -0.15) is 5.10 Å². The summed E-state index contributed by atoms with van der Waals surface area (Å²) < 4.78 is 1.34. The van der Waals surface area contributed by atoms with Gasteiger partial charge in [-0.1, -0.05) is 23.7 Å². The maximum Gasteiger partial charge on any atom is 0.278 e. The molecule has 3 nitrogen and oxygen atoms in total. The summed E-state index contributed by atoms with van der Waals surface area (Å²) in [4.78, 5) is 13.6. The van der Waals surface area contributed by atoms with E-state index in [0.29, 0.717) is 10.6 Å². The van der Waals surface area contributed by atoms with Gasteiger partial charge in [-0.15, -0.1) is 11.3 Å². The first kappa shape index (κ1) is 14.8. The highest BCUT2D eigenvalue weighted by Crippen LogP contribution is 2.12. The Morgan fingerprint density at radius 3 is 2.77 bits per heavy atom. The van der Waals surface area contributed by atoms with Crippen LogP contribution in [-0.4, -0.2) is 15.7 Å². The number of hydrogen-bond donors (Lipinski definition) is 0. The summed E-state index contributed by atoms with van der Waals surface area (Å²) in [5.74, 6) is -0.172. The van der Waals surface area contributed by atoms with Crippen LogP contribution >= 0.6 is 22.9 Å². The minimum absolute atomic E-state index is 0.172. The molecule has 110 valence electrons. The van der Waals surface area contributed by atoms with Crippen molar-refractivity contribution in [1.29, 1.82) is 0 Å². The summed E-state index contributed by atoms with van der Waals surface area (Å²) >= 11 is 7.55. The smallest absolute Gasteiger partial charge is 0.267 e. The van der Waals surface area contributed by atoms with Crippen LogP contribution in [0.15, 0.2) is 60.1 Å². The van der Waals surface area contributed by atoms with Crippen LogP contribution in [0, 0.1) is 0 Å². The number of benzene rings is 1. The molecule has 0 spiro atoms. The highest BCUT2D eigenvalue weighted by molar-refractivity contribution is 7.09. The summed E-state index contributed by atoms with van der Waals surface area (Å²) in [5.41, 5.74) is 1.32. The highest BCUT2D eigenvalue weighted by atomic mass is 35.5. The van der Waals surface area contributed by atoms with Crippen molar-refractivity contribution in [2.24, 2.45) is 0 Å². The number of hydrogen-bond acceptors (Lipinski definition) is 3. The Hall–Kier alpha value is -2.17. The lowest BCUT2D eigenvalue weighted by Crippen LogP contribution is -2.12. The van der Waals surface area contributed by atoms with Gasteiger partial charge in [0.2, 0.25) is 0 Å². The van der Waals surface area contributed by atoms with Crippen LogP contribution < -0.4 is 0 Å². The molecule has 0 aliphatic heterocycles. The molecule has 22 heavy (non-hydrogen) atoms. The quantitative estimate of drug-likeness (QED) is 0.704. The summed E-state index contributed by atoms with van der Waals surface area (Å²) in [7, 11) is 0. The maximum atomic E-state index is 12.3. The molecule has 5 heteroatoms. The summed E-state index contributed by atoms with van der Waals surface area (Å²) in [6, 6.07) is 12.7. The Labute approximate surface area is 137 Å². The van der Waals surface area contributed by atoms with Crippen molar-refractivity contribution >= 4 is 34.9 Å². The van der Waals surface area contributed by atoms with E-state index in [2.05, 4.69) is 16.5 Å². The minimum atomic E-state index is -0.172. The van der Waals surface area contributed by atoms with Crippen LogP contribution in [0.3, 0.4) is 0 Å². The van der Waals surface area contributed by atoms with Gasteiger partial charge in [-0.25, -0.2) is 4.68 Å². The second-order valence-corrected chi connectivity index (χ2v) is 6.15. The molecule has 0 fully saturated rings. The molecule has 0 saturated carbocycles. The monoisotopic (exact) mass is 328 g/mol. The summed E-state index contributed by atoms with van der Waals surface area (Å²) in [6.07, 6.45) is 6.51. The molecule has 0 radical (unpaired) electrons. The third-order valence-corrected chi connectivity index (χ3v) is 4.25. The Balaban J connectivity index is 1.69. The lowest BCUT2D eigenvalue weighted by molar-refractivity contribution is 0.0945. The normalized spacial score (nSPS) is 11.1. The molecule has 0 amide bonds. The van der Waals surface area contributed by atoms with Crippen molar-refractivity contribution in [3.05, 3.63) is 81.3 Å². The lowest BCUT2D eigenvalue weighted by atomic mass is 10.2. The number of carbonyl (C=O) groups is 1. The molecule has 0 saturated heterocycles. The average molecular weight is 329 g/mol. The van der Waals surface area contributed by atoms with Crippen LogP contribution in [0.1, 0.15) is 20.9 Å². The third kappa shape index (κ3) is 3.53. The molecule has 3 aromatic rings. The maximum absolute atomic E-state index is 12.3. The summed E-state index contributed by atoms with van der Waals surface area (Å²) in [5, 5.41) is 6.94. The van der Waals surface area contributed by atoms with Crippen molar-refractivity contribution in [1.82, 2.24) is 9.78 Å². The van der Waals surface area contributed by atoms with Crippen LogP contribution in [0.25, 0.3) is 6.08 Å². The van der Waals surface area contributed by atoms with E-state index in [1.807, 2.05) is 24.3 Å². The molecule has 0 N–H and O–H groups in total. The Kier molecular flexibility index (Phi) is 4.51. The van der Waals surface area contributed by atoms with Gasteiger partial charge in [0.05, 0.1) is 5.69 Å². The number of thiophene rings is 1. The second-order valence-electron chi connectivity index (χ2n) is 4.68. The summed E-state index contributed by atoms with van der Waals surface area (Å²) in [6.45, 7) is 0. The van der Waals surface area contributed by atoms with Gasteiger partial charge in [-0.3, -0.25) is 4.79 Å². The molecule has 2 heterocycles. The van der Waals surface area contributed by atoms with Gasteiger partial charge in [-0.05, 0) is 47.9 Å². The number of carbonyl (C=O) groups excluding carboxylic acids is 1. The average Bonchev–Trinajstić information content (AvgIpc) is 3.19. The fourth-order valence-corrected chi connectivity index (χ4v) is 2.80. The van der Waals surface area contributed by atoms with Crippen molar-refractivity contribution < 1.29 is 4.79 Å². The molecular weight excluding hydrogens is 316 g/mol. The van der Waals surface area contributed by atoms with E-state index in [9.17, 15) is 4.79 Å². The molecule has 0 atom stereocenters. The van der Waals surface area contributed by atoms with Crippen LogP contribution in [0.5, 0.6) is 0 Å². The van der Waals surface area contributed by atoms with E-state index in [0.717, 1.165) is 12.1 Å². The molecule has 0 aliphatic rings.